The number of aryl methyl sites for hydroxylation is 1. The molecule has 0 aromatic carbocycles. The van der Waals surface area contributed by atoms with Crippen molar-refractivity contribution in [1.82, 2.24) is 9.97 Å². The van der Waals surface area contributed by atoms with Crippen LogP contribution in [0, 0.1) is 6.92 Å². The minimum absolute atomic E-state index is 0.612. The minimum atomic E-state index is 0.612. The molecule has 1 aromatic rings. The molecule has 13 heavy (non-hydrogen) atoms. The smallest absolute Gasteiger partial charge is 0.130 e. The first kappa shape index (κ1) is 8.48. The third-order valence-corrected chi connectivity index (χ3v) is 2.88. The number of nitrogen functional groups attached to an aromatic ring is 1. The molecule has 3 nitrogen and oxygen atoms in total. The van der Waals surface area contributed by atoms with Gasteiger partial charge in [0.1, 0.15) is 12.1 Å². The molecular formula is C10H15N3. The fourth-order valence-electron chi connectivity index (χ4n) is 2.22. The van der Waals surface area contributed by atoms with E-state index in [-0.39, 0.29) is 0 Å². The summed E-state index contributed by atoms with van der Waals surface area (Å²) in [7, 11) is 0. The maximum absolute atomic E-state index is 5.85. The van der Waals surface area contributed by atoms with E-state index >= 15 is 0 Å². The standard InChI is InChI=1S/C10H15N3/c1-7-9(8-4-2-3-5-8)10(11)13-6-12-7/h6,8H,2-5H2,1H3,(H2,11,12,13). The average Bonchev–Trinajstić information content (AvgIpc) is 2.57. The normalized spacial score (nSPS) is 17.9. The monoisotopic (exact) mass is 177 g/mol. The van der Waals surface area contributed by atoms with Gasteiger partial charge in [-0.1, -0.05) is 12.8 Å². The van der Waals surface area contributed by atoms with Gasteiger partial charge in [-0.15, -0.1) is 0 Å². The lowest BCUT2D eigenvalue weighted by molar-refractivity contribution is 0.709. The lowest BCUT2D eigenvalue weighted by atomic mass is 9.97. The molecule has 2 rings (SSSR count). The van der Waals surface area contributed by atoms with E-state index < -0.39 is 0 Å². The first-order chi connectivity index (χ1) is 6.29. The Bertz CT molecular complexity index is 283. The molecule has 1 aromatic heterocycles. The molecule has 1 fully saturated rings. The molecule has 2 N–H and O–H groups in total. The third-order valence-electron chi connectivity index (χ3n) is 2.88. The molecule has 0 unspecified atom stereocenters. The molecule has 70 valence electrons. The SMILES string of the molecule is Cc1ncnc(N)c1C1CCCC1. The Hall–Kier alpha value is -1.12. The molecule has 0 aliphatic heterocycles. The predicted octanol–water partition coefficient (Wildman–Crippen LogP) is 2.02. The van der Waals surface area contributed by atoms with Crippen LogP contribution in [0.4, 0.5) is 5.82 Å². The second-order valence-electron chi connectivity index (χ2n) is 3.74. The van der Waals surface area contributed by atoms with Gasteiger partial charge in [-0.3, -0.25) is 0 Å². The van der Waals surface area contributed by atoms with Crippen LogP contribution in [0.2, 0.25) is 0 Å². The van der Waals surface area contributed by atoms with Crippen LogP contribution in [0.25, 0.3) is 0 Å². The van der Waals surface area contributed by atoms with E-state index in [0.717, 1.165) is 5.69 Å². The molecule has 1 saturated carbocycles. The fraction of sp³-hybridized carbons (Fsp3) is 0.600. The Morgan fingerprint density at radius 2 is 2.00 bits per heavy atom. The lowest BCUT2D eigenvalue weighted by Gasteiger charge is -2.13. The zero-order valence-corrected chi connectivity index (χ0v) is 7.95. The Kier molecular flexibility index (Phi) is 2.17. The molecule has 0 bridgehead atoms. The number of hydrogen-bond donors (Lipinski definition) is 1. The van der Waals surface area contributed by atoms with E-state index in [1.165, 1.54) is 31.2 Å². The van der Waals surface area contributed by atoms with Crippen molar-refractivity contribution in [3.63, 3.8) is 0 Å². The summed E-state index contributed by atoms with van der Waals surface area (Å²) in [5.41, 5.74) is 8.10. The summed E-state index contributed by atoms with van der Waals surface area (Å²) in [5.74, 6) is 1.29. The molecule has 0 atom stereocenters. The number of hydrogen-bond acceptors (Lipinski definition) is 3. The van der Waals surface area contributed by atoms with Crippen molar-refractivity contribution in [3.8, 4) is 0 Å². The van der Waals surface area contributed by atoms with Crippen molar-refractivity contribution in [2.75, 3.05) is 5.73 Å². The maximum Gasteiger partial charge on any atom is 0.130 e. The molecule has 0 spiro atoms. The summed E-state index contributed by atoms with van der Waals surface area (Å²) in [6, 6.07) is 0. The Balaban J connectivity index is 2.37. The van der Waals surface area contributed by atoms with Crippen molar-refractivity contribution in [3.05, 3.63) is 17.6 Å². The second-order valence-corrected chi connectivity index (χ2v) is 3.74. The lowest BCUT2D eigenvalue weighted by Crippen LogP contribution is -2.05. The highest BCUT2D eigenvalue weighted by Gasteiger charge is 2.21. The van der Waals surface area contributed by atoms with E-state index in [1.54, 1.807) is 6.33 Å². The average molecular weight is 177 g/mol. The minimum Gasteiger partial charge on any atom is -0.383 e. The third kappa shape index (κ3) is 1.50. The first-order valence-electron chi connectivity index (χ1n) is 4.86. The van der Waals surface area contributed by atoms with Crippen molar-refractivity contribution in [1.29, 1.82) is 0 Å². The van der Waals surface area contributed by atoms with Crippen LogP contribution in [-0.2, 0) is 0 Å². The summed E-state index contributed by atoms with van der Waals surface area (Å²) < 4.78 is 0. The fourth-order valence-corrected chi connectivity index (χ4v) is 2.22. The molecule has 1 aliphatic carbocycles. The van der Waals surface area contributed by atoms with Gasteiger partial charge in [0.25, 0.3) is 0 Å². The molecule has 1 aliphatic rings. The highest BCUT2D eigenvalue weighted by molar-refractivity contribution is 5.43. The van der Waals surface area contributed by atoms with E-state index in [2.05, 4.69) is 9.97 Å². The van der Waals surface area contributed by atoms with Crippen molar-refractivity contribution >= 4 is 5.82 Å². The molecule has 3 heteroatoms. The quantitative estimate of drug-likeness (QED) is 0.714. The first-order valence-corrected chi connectivity index (χ1v) is 4.86. The zero-order chi connectivity index (χ0) is 9.26. The summed E-state index contributed by atoms with van der Waals surface area (Å²) in [6.07, 6.45) is 6.68. The summed E-state index contributed by atoms with van der Waals surface area (Å²) >= 11 is 0. The van der Waals surface area contributed by atoms with E-state index in [9.17, 15) is 0 Å². The molecule has 0 radical (unpaired) electrons. The largest absolute Gasteiger partial charge is 0.383 e. The number of aromatic nitrogens is 2. The van der Waals surface area contributed by atoms with Crippen LogP contribution in [0.15, 0.2) is 6.33 Å². The molecule has 1 heterocycles. The second kappa shape index (κ2) is 3.32. The number of nitrogens with two attached hydrogens (primary N) is 1. The highest BCUT2D eigenvalue weighted by atomic mass is 14.9. The van der Waals surface area contributed by atoms with Crippen molar-refractivity contribution in [2.45, 2.75) is 38.5 Å². The van der Waals surface area contributed by atoms with Crippen LogP contribution in [0.5, 0.6) is 0 Å². The van der Waals surface area contributed by atoms with Gasteiger partial charge < -0.3 is 5.73 Å². The molecular weight excluding hydrogens is 162 g/mol. The van der Waals surface area contributed by atoms with Gasteiger partial charge in [0, 0.05) is 11.3 Å². The van der Waals surface area contributed by atoms with Gasteiger partial charge in [-0.2, -0.15) is 0 Å². The summed E-state index contributed by atoms with van der Waals surface area (Å²) in [5, 5.41) is 0. The zero-order valence-electron chi connectivity index (χ0n) is 7.95. The van der Waals surface area contributed by atoms with Crippen LogP contribution in [0.3, 0.4) is 0 Å². The van der Waals surface area contributed by atoms with Crippen molar-refractivity contribution in [2.24, 2.45) is 0 Å². The van der Waals surface area contributed by atoms with E-state index in [0.29, 0.717) is 11.7 Å². The van der Waals surface area contributed by atoms with Crippen molar-refractivity contribution < 1.29 is 0 Å². The van der Waals surface area contributed by atoms with Crippen LogP contribution < -0.4 is 5.73 Å². The van der Waals surface area contributed by atoms with Crippen LogP contribution in [0.1, 0.15) is 42.9 Å². The van der Waals surface area contributed by atoms with E-state index in [1.807, 2.05) is 6.92 Å². The van der Waals surface area contributed by atoms with Crippen LogP contribution >= 0.6 is 0 Å². The van der Waals surface area contributed by atoms with Gasteiger partial charge in [0.2, 0.25) is 0 Å². The predicted molar refractivity (Wildman–Crippen MR) is 52.4 cm³/mol. The number of anilines is 1. The van der Waals surface area contributed by atoms with Gasteiger partial charge >= 0.3 is 0 Å². The summed E-state index contributed by atoms with van der Waals surface area (Å²) in [4.78, 5) is 8.24. The molecule has 0 amide bonds. The maximum atomic E-state index is 5.85. The Labute approximate surface area is 78.4 Å². The van der Waals surface area contributed by atoms with E-state index in [4.69, 9.17) is 5.73 Å². The summed E-state index contributed by atoms with van der Waals surface area (Å²) in [6.45, 7) is 2.02. The number of rotatable bonds is 1. The Morgan fingerprint density at radius 3 is 2.62 bits per heavy atom. The van der Waals surface area contributed by atoms with Gasteiger partial charge in [-0.25, -0.2) is 9.97 Å². The number of nitrogens with zero attached hydrogens (tertiary/aromatic N) is 2. The van der Waals surface area contributed by atoms with Gasteiger partial charge in [0.15, 0.2) is 0 Å². The molecule has 0 saturated heterocycles. The Morgan fingerprint density at radius 1 is 1.31 bits per heavy atom. The van der Waals surface area contributed by atoms with Gasteiger partial charge in [0.05, 0.1) is 0 Å². The topological polar surface area (TPSA) is 51.8 Å². The van der Waals surface area contributed by atoms with Crippen LogP contribution in [-0.4, -0.2) is 9.97 Å². The van der Waals surface area contributed by atoms with Gasteiger partial charge in [-0.05, 0) is 25.7 Å². The highest BCUT2D eigenvalue weighted by Crippen LogP contribution is 2.37.